The molecular weight excluding hydrogens is 202 g/mol. The fourth-order valence-corrected chi connectivity index (χ4v) is 0.997. The maximum atomic E-state index is 11.9. The van der Waals surface area contributed by atoms with Crippen molar-refractivity contribution in [3.8, 4) is 5.75 Å². The smallest absolute Gasteiger partial charge is 0.300 e. The van der Waals surface area contributed by atoms with Gasteiger partial charge in [-0.2, -0.15) is 0 Å². The maximum Gasteiger partial charge on any atom is 0.300 e. The highest BCUT2D eigenvalue weighted by atomic mass is 35.5. The van der Waals surface area contributed by atoms with Gasteiger partial charge in [0.1, 0.15) is 5.75 Å². The lowest BCUT2D eigenvalue weighted by atomic mass is 10.1. The minimum absolute atomic E-state index is 0.184. The van der Waals surface area contributed by atoms with Crippen LogP contribution in [0.5, 0.6) is 5.75 Å². The van der Waals surface area contributed by atoms with Crippen molar-refractivity contribution in [3.05, 3.63) is 28.8 Å². The molecule has 0 radical (unpaired) electrons. The van der Waals surface area contributed by atoms with Crippen LogP contribution < -0.4 is 0 Å². The summed E-state index contributed by atoms with van der Waals surface area (Å²) in [4.78, 5) is 10.7. The van der Waals surface area contributed by atoms with Crippen LogP contribution >= 0.6 is 11.6 Å². The van der Waals surface area contributed by atoms with Gasteiger partial charge in [0.15, 0.2) is 0 Å². The summed E-state index contributed by atoms with van der Waals surface area (Å²) in [5.41, 5.74) is -0.417. The number of benzene rings is 1. The number of halogens is 3. The van der Waals surface area contributed by atoms with Crippen LogP contribution in [0.15, 0.2) is 18.2 Å². The summed E-state index contributed by atoms with van der Waals surface area (Å²) in [5, 5.41) is 9.26. The van der Waals surface area contributed by atoms with Gasteiger partial charge in [-0.05, 0) is 18.2 Å². The van der Waals surface area contributed by atoms with E-state index in [1.807, 2.05) is 0 Å². The highest BCUT2D eigenvalue weighted by molar-refractivity contribution is 6.30. The van der Waals surface area contributed by atoms with Crippen molar-refractivity contribution in [2.75, 3.05) is 0 Å². The minimum Gasteiger partial charge on any atom is -0.507 e. The first-order valence-corrected chi connectivity index (χ1v) is 3.71. The van der Waals surface area contributed by atoms with E-state index < -0.39 is 23.5 Å². The maximum absolute atomic E-state index is 11.9. The largest absolute Gasteiger partial charge is 0.507 e. The van der Waals surface area contributed by atoms with E-state index >= 15 is 0 Å². The summed E-state index contributed by atoms with van der Waals surface area (Å²) in [6.45, 7) is 0. The molecule has 0 spiro atoms. The summed E-state index contributed by atoms with van der Waals surface area (Å²) in [6, 6.07) is 3.36. The second kappa shape index (κ2) is 3.70. The van der Waals surface area contributed by atoms with Crippen LogP contribution in [0.3, 0.4) is 0 Å². The molecule has 5 heteroatoms. The molecule has 0 aliphatic rings. The van der Waals surface area contributed by atoms with Crippen molar-refractivity contribution in [3.63, 3.8) is 0 Å². The summed E-state index contributed by atoms with van der Waals surface area (Å²) in [6.07, 6.45) is -3.12. The Morgan fingerprint density at radius 1 is 1.46 bits per heavy atom. The van der Waals surface area contributed by atoms with Gasteiger partial charge < -0.3 is 5.11 Å². The SMILES string of the molecule is O=C(c1ccc(Cl)cc1O)C(F)F. The van der Waals surface area contributed by atoms with Gasteiger partial charge >= 0.3 is 6.43 Å². The first-order chi connectivity index (χ1) is 6.02. The van der Waals surface area contributed by atoms with E-state index in [1.165, 1.54) is 6.07 Å². The number of carbonyl (C=O) groups excluding carboxylic acids is 1. The molecule has 13 heavy (non-hydrogen) atoms. The molecule has 0 amide bonds. The van der Waals surface area contributed by atoms with E-state index in [0.29, 0.717) is 0 Å². The normalized spacial score (nSPS) is 10.5. The third kappa shape index (κ3) is 2.15. The Morgan fingerprint density at radius 2 is 2.08 bits per heavy atom. The molecule has 1 N–H and O–H groups in total. The zero-order valence-corrected chi connectivity index (χ0v) is 7.05. The van der Waals surface area contributed by atoms with E-state index in [9.17, 15) is 13.6 Å². The molecule has 0 saturated carbocycles. The van der Waals surface area contributed by atoms with Gasteiger partial charge in [-0.3, -0.25) is 4.79 Å². The Labute approximate surface area is 77.8 Å². The summed E-state index contributed by atoms with van der Waals surface area (Å²) >= 11 is 5.44. The molecule has 0 saturated heterocycles. The Hall–Kier alpha value is -1.16. The molecule has 0 unspecified atom stereocenters. The first kappa shape index (κ1) is 9.92. The summed E-state index contributed by atoms with van der Waals surface area (Å²) in [7, 11) is 0. The van der Waals surface area contributed by atoms with E-state index in [1.54, 1.807) is 0 Å². The van der Waals surface area contributed by atoms with Gasteiger partial charge in [-0.1, -0.05) is 11.6 Å². The van der Waals surface area contributed by atoms with Crippen LogP contribution in [0.4, 0.5) is 8.78 Å². The number of alkyl halides is 2. The molecule has 0 fully saturated rings. The van der Waals surface area contributed by atoms with Crippen LogP contribution in [0.25, 0.3) is 0 Å². The molecule has 0 atom stereocenters. The van der Waals surface area contributed by atoms with E-state index in [-0.39, 0.29) is 5.02 Å². The highest BCUT2D eigenvalue weighted by Crippen LogP contribution is 2.23. The predicted molar refractivity (Wildman–Crippen MR) is 43.5 cm³/mol. The quantitative estimate of drug-likeness (QED) is 0.755. The topological polar surface area (TPSA) is 37.3 Å². The monoisotopic (exact) mass is 206 g/mol. The fourth-order valence-electron chi connectivity index (χ4n) is 0.831. The number of hydrogen-bond donors (Lipinski definition) is 1. The average molecular weight is 207 g/mol. The van der Waals surface area contributed by atoms with Crippen molar-refractivity contribution in [2.45, 2.75) is 6.43 Å². The Morgan fingerprint density at radius 3 is 2.54 bits per heavy atom. The lowest BCUT2D eigenvalue weighted by Gasteiger charge is -2.02. The molecule has 0 bridgehead atoms. The average Bonchev–Trinajstić information content (AvgIpc) is 2.03. The number of rotatable bonds is 2. The van der Waals surface area contributed by atoms with Crippen LogP contribution in [0.2, 0.25) is 5.02 Å². The molecule has 0 aromatic heterocycles. The number of phenolic OH excluding ortho intramolecular Hbond substituents is 1. The molecule has 1 aromatic rings. The number of Topliss-reactive ketones (excluding diaryl/α,β-unsaturated/α-hetero) is 1. The van der Waals surface area contributed by atoms with Gasteiger partial charge in [0.2, 0.25) is 5.78 Å². The van der Waals surface area contributed by atoms with E-state index in [4.69, 9.17) is 16.7 Å². The van der Waals surface area contributed by atoms with Crippen molar-refractivity contribution in [1.29, 1.82) is 0 Å². The number of aromatic hydroxyl groups is 1. The molecule has 1 rings (SSSR count). The zero-order chi connectivity index (χ0) is 10.0. The number of ketones is 1. The number of carbonyl (C=O) groups is 1. The lowest BCUT2D eigenvalue weighted by molar-refractivity contribution is 0.0676. The lowest BCUT2D eigenvalue weighted by Crippen LogP contribution is -2.10. The minimum atomic E-state index is -3.12. The number of hydrogen-bond acceptors (Lipinski definition) is 2. The van der Waals surface area contributed by atoms with E-state index in [2.05, 4.69) is 0 Å². The van der Waals surface area contributed by atoms with Crippen LogP contribution in [0, 0.1) is 0 Å². The van der Waals surface area contributed by atoms with Crippen LogP contribution in [-0.4, -0.2) is 17.3 Å². The van der Waals surface area contributed by atoms with Gasteiger partial charge in [0.05, 0.1) is 5.56 Å². The van der Waals surface area contributed by atoms with Gasteiger partial charge in [-0.25, -0.2) is 8.78 Å². The number of phenols is 1. The Balaban J connectivity index is 3.09. The molecule has 0 aliphatic heterocycles. The standard InChI is InChI=1S/C8H5ClF2O2/c9-4-1-2-5(6(12)3-4)7(13)8(10)11/h1-3,8,12H. The van der Waals surface area contributed by atoms with Gasteiger partial charge in [0.25, 0.3) is 0 Å². The molecule has 70 valence electrons. The zero-order valence-electron chi connectivity index (χ0n) is 6.30. The van der Waals surface area contributed by atoms with E-state index in [0.717, 1.165) is 12.1 Å². The van der Waals surface area contributed by atoms with Crippen LogP contribution in [-0.2, 0) is 0 Å². The Kier molecular flexibility index (Phi) is 2.83. The third-order valence-electron chi connectivity index (χ3n) is 1.42. The highest BCUT2D eigenvalue weighted by Gasteiger charge is 2.20. The third-order valence-corrected chi connectivity index (χ3v) is 1.66. The predicted octanol–water partition coefficient (Wildman–Crippen LogP) is 2.49. The van der Waals surface area contributed by atoms with Crippen molar-refractivity contribution in [2.24, 2.45) is 0 Å². The van der Waals surface area contributed by atoms with Crippen LogP contribution in [0.1, 0.15) is 10.4 Å². The molecular formula is C8H5ClF2O2. The van der Waals surface area contributed by atoms with Gasteiger partial charge in [0, 0.05) is 5.02 Å². The fraction of sp³-hybridized carbons (Fsp3) is 0.125. The summed E-state index contributed by atoms with van der Waals surface area (Å²) < 4.78 is 23.8. The first-order valence-electron chi connectivity index (χ1n) is 3.33. The second-order valence-electron chi connectivity index (χ2n) is 2.33. The molecule has 1 aromatic carbocycles. The Bertz CT molecular complexity index is 339. The van der Waals surface area contributed by atoms with Crippen molar-refractivity contribution in [1.82, 2.24) is 0 Å². The molecule has 0 heterocycles. The van der Waals surface area contributed by atoms with Crippen molar-refractivity contribution < 1.29 is 18.7 Å². The summed E-state index contributed by atoms with van der Waals surface area (Å²) in [5.74, 6) is -1.94. The van der Waals surface area contributed by atoms with Crippen molar-refractivity contribution >= 4 is 17.4 Å². The molecule has 2 nitrogen and oxygen atoms in total. The molecule has 0 aliphatic carbocycles. The van der Waals surface area contributed by atoms with Gasteiger partial charge in [-0.15, -0.1) is 0 Å². The second-order valence-corrected chi connectivity index (χ2v) is 2.76.